The topological polar surface area (TPSA) is 83.1 Å². The van der Waals surface area contributed by atoms with Crippen LogP contribution in [0.25, 0.3) is 10.9 Å². The normalized spacial score (nSPS) is 17.0. The van der Waals surface area contributed by atoms with Crippen molar-refractivity contribution in [3.8, 4) is 6.07 Å². The Bertz CT molecular complexity index is 823. The van der Waals surface area contributed by atoms with Crippen molar-refractivity contribution in [3.63, 3.8) is 0 Å². The molecule has 1 aromatic carbocycles. The maximum atomic E-state index is 10.9. The van der Waals surface area contributed by atoms with Crippen molar-refractivity contribution in [2.75, 3.05) is 18.0 Å². The van der Waals surface area contributed by atoms with Crippen molar-refractivity contribution in [1.82, 2.24) is 4.98 Å². The molecule has 6 nitrogen and oxygen atoms in total. The van der Waals surface area contributed by atoms with Crippen molar-refractivity contribution < 1.29 is 4.92 Å². The van der Waals surface area contributed by atoms with Gasteiger partial charge in [0.1, 0.15) is 5.82 Å². The van der Waals surface area contributed by atoms with Crippen molar-refractivity contribution in [2.45, 2.75) is 26.7 Å². The average molecular weight is 310 g/mol. The Balaban J connectivity index is 2.08. The van der Waals surface area contributed by atoms with E-state index in [2.05, 4.69) is 29.8 Å². The Kier molecular flexibility index (Phi) is 3.64. The second kappa shape index (κ2) is 5.51. The van der Waals surface area contributed by atoms with Gasteiger partial charge in [-0.1, -0.05) is 13.8 Å². The lowest BCUT2D eigenvalue weighted by atomic mass is 9.84. The molecule has 1 fully saturated rings. The van der Waals surface area contributed by atoms with E-state index in [0.29, 0.717) is 16.5 Å². The summed E-state index contributed by atoms with van der Waals surface area (Å²) in [7, 11) is 0. The number of fused-ring (bicyclic) bond motifs is 1. The van der Waals surface area contributed by atoms with Crippen LogP contribution in [-0.4, -0.2) is 23.0 Å². The molecule has 0 amide bonds. The lowest BCUT2D eigenvalue weighted by Gasteiger charge is -2.38. The molecule has 1 aromatic heterocycles. The third-order valence-electron chi connectivity index (χ3n) is 4.33. The molecule has 1 aliphatic heterocycles. The fourth-order valence-corrected chi connectivity index (χ4v) is 3.19. The standard InChI is InChI=1S/C17H18N4O2/c1-17(2)6-3-7-20(11-17)16-8-12(10-18)14-9-13(21(22)23)4-5-15(14)19-16/h4-5,8-9H,3,6-7,11H2,1-2H3. The van der Waals surface area contributed by atoms with E-state index in [9.17, 15) is 15.4 Å². The van der Waals surface area contributed by atoms with E-state index in [0.717, 1.165) is 25.3 Å². The van der Waals surface area contributed by atoms with Gasteiger partial charge in [0.2, 0.25) is 0 Å². The van der Waals surface area contributed by atoms with Gasteiger partial charge in [-0.25, -0.2) is 4.98 Å². The fourth-order valence-electron chi connectivity index (χ4n) is 3.19. The Labute approximate surface area is 134 Å². The molecule has 0 atom stereocenters. The van der Waals surface area contributed by atoms with Gasteiger partial charge in [-0.05, 0) is 30.4 Å². The van der Waals surface area contributed by atoms with Crippen LogP contribution in [0.15, 0.2) is 24.3 Å². The van der Waals surface area contributed by atoms with E-state index in [1.54, 1.807) is 12.1 Å². The minimum absolute atomic E-state index is 0.0253. The number of nitro groups is 1. The molecule has 0 bridgehead atoms. The van der Waals surface area contributed by atoms with E-state index in [1.807, 2.05) is 0 Å². The van der Waals surface area contributed by atoms with Crippen LogP contribution < -0.4 is 4.90 Å². The summed E-state index contributed by atoms with van der Waals surface area (Å²) in [5, 5.41) is 20.9. The summed E-state index contributed by atoms with van der Waals surface area (Å²) in [5.41, 5.74) is 1.24. The lowest BCUT2D eigenvalue weighted by molar-refractivity contribution is -0.384. The first kappa shape index (κ1) is 15.2. The Morgan fingerprint density at radius 2 is 2.17 bits per heavy atom. The monoisotopic (exact) mass is 310 g/mol. The molecule has 1 aliphatic rings. The summed E-state index contributed by atoms with van der Waals surface area (Å²) in [6.45, 7) is 6.27. The van der Waals surface area contributed by atoms with Crippen molar-refractivity contribution >= 4 is 22.4 Å². The van der Waals surface area contributed by atoms with E-state index in [-0.39, 0.29) is 11.1 Å². The van der Waals surface area contributed by atoms with Gasteiger partial charge in [0.25, 0.3) is 5.69 Å². The summed E-state index contributed by atoms with van der Waals surface area (Å²) in [4.78, 5) is 17.3. The molecule has 3 rings (SSSR count). The van der Waals surface area contributed by atoms with E-state index < -0.39 is 4.92 Å². The molecule has 23 heavy (non-hydrogen) atoms. The molecule has 0 spiro atoms. The largest absolute Gasteiger partial charge is 0.356 e. The highest BCUT2D eigenvalue weighted by Crippen LogP contribution is 2.33. The summed E-state index contributed by atoms with van der Waals surface area (Å²) in [6.07, 6.45) is 2.27. The van der Waals surface area contributed by atoms with Gasteiger partial charge in [0.15, 0.2) is 0 Å². The number of benzene rings is 1. The maximum Gasteiger partial charge on any atom is 0.270 e. The number of aromatic nitrogens is 1. The zero-order valence-electron chi connectivity index (χ0n) is 13.2. The summed E-state index contributed by atoms with van der Waals surface area (Å²) < 4.78 is 0. The average Bonchev–Trinajstić information content (AvgIpc) is 2.52. The fraction of sp³-hybridized carbons (Fsp3) is 0.412. The highest BCUT2D eigenvalue weighted by Gasteiger charge is 2.27. The molecule has 1 saturated heterocycles. The van der Waals surface area contributed by atoms with Crippen LogP contribution in [0.1, 0.15) is 32.3 Å². The third kappa shape index (κ3) is 2.95. The van der Waals surface area contributed by atoms with Crippen LogP contribution in [-0.2, 0) is 0 Å². The summed E-state index contributed by atoms with van der Waals surface area (Å²) in [6, 6.07) is 8.36. The Hall–Kier alpha value is -2.68. The van der Waals surface area contributed by atoms with E-state index in [4.69, 9.17) is 0 Å². The van der Waals surface area contributed by atoms with Gasteiger partial charge < -0.3 is 4.90 Å². The molecule has 6 heteroatoms. The number of anilines is 1. The first-order chi connectivity index (χ1) is 10.9. The number of nitriles is 1. The van der Waals surface area contributed by atoms with Crippen LogP contribution in [0.3, 0.4) is 0 Å². The molecule has 118 valence electrons. The maximum absolute atomic E-state index is 10.9. The van der Waals surface area contributed by atoms with Gasteiger partial charge in [0, 0.05) is 30.6 Å². The predicted molar refractivity (Wildman–Crippen MR) is 88.3 cm³/mol. The third-order valence-corrected chi connectivity index (χ3v) is 4.33. The molecule has 0 saturated carbocycles. The van der Waals surface area contributed by atoms with E-state index in [1.165, 1.54) is 18.6 Å². The number of piperidine rings is 1. The van der Waals surface area contributed by atoms with Crippen molar-refractivity contribution in [3.05, 3.63) is 39.9 Å². The smallest absolute Gasteiger partial charge is 0.270 e. The molecular weight excluding hydrogens is 292 g/mol. The van der Waals surface area contributed by atoms with Crippen LogP contribution >= 0.6 is 0 Å². The number of pyridine rings is 1. The molecule has 0 radical (unpaired) electrons. The van der Waals surface area contributed by atoms with Crippen LogP contribution in [0.4, 0.5) is 11.5 Å². The van der Waals surface area contributed by atoms with Crippen LogP contribution in [0.2, 0.25) is 0 Å². The van der Waals surface area contributed by atoms with Crippen LogP contribution in [0.5, 0.6) is 0 Å². The minimum atomic E-state index is -0.457. The molecule has 2 aromatic rings. The zero-order chi connectivity index (χ0) is 16.6. The molecular formula is C17H18N4O2. The predicted octanol–water partition coefficient (Wildman–Crippen LogP) is 3.64. The quantitative estimate of drug-likeness (QED) is 0.624. The Morgan fingerprint density at radius 3 is 2.83 bits per heavy atom. The van der Waals surface area contributed by atoms with Gasteiger partial charge in [0.05, 0.1) is 22.1 Å². The van der Waals surface area contributed by atoms with Gasteiger partial charge in [-0.15, -0.1) is 0 Å². The Morgan fingerprint density at radius 1 is 1.39 bits per heavy atom. The number of nitrogens with zero attached hydrogens (tertiary/aromatic N) is 4. The highest BCUT2D eigenvalue weighted by molar-refractivity contribution is 5.88. The van der Waals surface area contributed by atoms with Crippen molar-refractivity contribution in [1.29, 1.82) is 5.26 Å². The minimum Gasteiger partial charge on any atom is -0.356 e. The van der Waals surface area contributed by atoms with Gasteiger partial charge in [-0.2, -0.15) is 5.26 Å². The molecule has 0 N–H and O–H groups in total. The van der Waals surface area contributed by atoms with Gasteiger partial charge in [-0.3, -0.25) is 10.1 Å². The number of hydrogen-bond acceptors (Lipinski definition) is 5. The lowest BCUT2D eigenvalue weighted by Crippen LogP contribution is -2.40. The van der Waals surface area contributed by atoms with Gasteiger partial charge >= 0.3 is 0 Å². The second-order valence-electron chi connectivity index (χ2n) is 6.79. The highest BCUT2D eigenvalue weighted by atomic mass is 16.6. The SMILES string of the molecule is CC1(C)CCCN(c2cc(C#N)c3cc([N+](=O)[O-])ccc3n2)C1. The second-order valence-corrected chi connectivity index (χ2v) is 6.79. The first-order valence-electron chi connectivity index (χ1n) is 7.64. The van der Waals surface area contributed by atoms with Crippen molar-refractivity contribution in [2.24, 2.45) is 5.41 Å². The number of nitro benzene ring substituents is 1. The molecule has 0 aliphatic carbocycles. The van der Waals surface area contributed by atoms with Crippen LogP contribution in [0, 0.1) is 26.9 Å². The molecule has 0 unspecified atom stereocenters. The summed E-state index contributed by atoms with van der Waals surface area (Å²) in [5.74, 6) is 0.774. The van der Waals surface area contributed by atoms with E-state index >= 15 is 0 Å². The number of rotatable bonds is 2. The zero-order valence-corrected chi connectivity index (χ0v) is 13.2. The summed E-state index contributed by atoms with van der Waals surface area (Å²) >= 11 is 0. The number of non-ortho nitro benzene ring substituents is 1. The molecule has 2 heterocycles. The number of hydrogen-bond donors (Lipinski definition) is 0. The first-order valence-corrected chi connectivity index (χ1v) is 7.64.